The van der Waals surface area contributed by atoms with Crippen LogP contribution in [0.3, 0.4) is 0 Å². The van der Waals surface area contributed by atoms with Crippen LogP contribution in [0.5, 0.6) is 0 Å². The second kappa shape index (κ2) is 7.23. The van der Waals surface area contributed by atoms with E-state index in [1.165, 1.54) is 27.8 Å². The van der Waals surface area contributed by atoms with Crippen molar-refractivity contribution < 1.29 is 13.2 Å². The van der Waals surface area contributed by atoms with Crippen molar-refractivity contribution in [2.24, 2.45) is 0 Å². The minimum Gasteiger partial charge on any atom is -0.347 e. The largest absolute Gasteiger partial charge is 0.347 e. The Bertz CT molecular complexity index is 1200. The number of carbonyl (C=O) groups is 1. The van der Waals surface area contributed by atoms with Crippen LogP contribution in [0.4, 0.5) is 0 Å². The third-order valence-electron chi connectivity index (χ3n) is 5.84. The van der Waals surface area contributed by atoms with E-state index in [4.69, 9.17) is 0 Å². The van der Waals surface area contributed by atoms with Gasteiger partial charge in [0.2, 0.25) is 0 Å². The lowest BCUT2D eigenvalue weighted by atomic mass is 9.99. The molecule has 7 heteroatoms. The normalized spacial score (nSPS) is 16.6. The van der Waals surface area contributed by atoms with Crippen LogP contribution in [0.15, 0.2) is 46.7 Å². The van der Waals surface area contributed by atoms with Crippen molar-refractivity contribution in [3.05, 3.63) is 64.0 Å². The molecule has 1 aliphatic carbocycles. The lowest BCUT2D eigenvalue weighted by Crippen LogP contribution is -2.27. The van der Waals surface area contributed by atoms with E-state index in [1.54, 1.807) is 16.4 Å². The van der Waals surface area contributed by atoms with Gasteiger partial charge in [0.15, 0.2) is 0 Å². The van der Waals surface area contributed by atoms with Gasteiger partial charge in [-0.1, -0.05) is 24.3 Å². The Hall–Kier alpha value is -2.22. The molecule has 5 nitrogen and oxygen atoms in total. The van der Waals surface area contributed by atoms with Crippen molar-refractivity contribution in [3.63, 3.8) is 0 Å². The predicted molar refractivity (Wildman–Crippen MR) is 115 cm³/mol. The topological polar surface area (TPSA) is 66.5 Å². The van der Waals surface area contributed by atoms with Crippen molar-refractivity contribution in [1.29, 1.82) is 0 Å². The number of hydrogen-bond acceptors (Lipinski definition) is 4. The first-order valence-electron chi connectivity index (χ1n) is 9.94. The zero-order valence-electron chi connectivity index (χ0n) is 16.0. The molecule has 1 aliphatic heterocycles. The van der Waals surface area contributed by atoms with Gasteiger partial charge in [-0.05, 0) is 65.8 Å². The van der Waals surface area contributed by atoms with E-state index < -0.39 is 10.0 Å². The van der Waals surface area contributed by atoms with E-state index in [0.29, 0.717) is 29.4 Å². The van der Waals surface area contributed by atoms with Gasteiger partial charge in [0, 0.05) is 23.5 Å². The molecule has 2 aromatic carbocycles. The van der Waals surface area contributed by atoms with Gasteiger partial charge in [0.25, 0.3) is 15.9 Å². The number of benzene rings is 2. The number of rotatable bonds is 5. The Kier molecular flexibility index (Phi) is 4.69. The summed E-state index contributed by atoms with van der Waals surface area (Å²) in [6, 6.07) is 13.6. The smallest absolute Gasteiger partial charge is 0.252 e. The van der Waals surface area contributed by atoms with Gasteiger partial charge < -0.3 is 5.32 Å². The lowest BCUT2D eigenvalue weighted by Gasteiger charge is -2.13. The highest BCUT2D eigenvalue weighted by molar-refractivity contribution is 7.91. The fourth-order valence-corrected chi connectivity index (χ4v) is 7.32. The maximum Gasteiger partial charge on any atom is 0.252 e. The van der Waals surface area contributed by atoms with E-state index in [0.717, 1.165) is 35.9 Å². The minimum atomic E-state index is -3.40. The molecular weight excluding hydrogens is 404 g/mol. The highest BCUT2D eigenvalue weighted by Gasteiger charge is 2.28. The van der Waals surface area contributed by atoms with Crippen molar-refractivity contribution in [2.45, 2.75) is 36.4 Å². The number of sulfonamides is 1. The van der Waals surface area contributed by atoms with Crippen LogP contribution in [0.2, 0.25) is 0 Å². The number of aryl methyl sites for hydroxylation is 2. The average Bonchev–Trinajstić information content (AvgIpc) is 3.48. The fraction of sp³-hybridized carbons (Fsp3) is 0.318. The molecule has 2 heterocycles. The Morgan fingerprint density at radius 1 is 1.00 bits per heavy atom. The Morgan fingerprint density at radius 2 is 1.76 bits per heavy atom. The molecule has 5 rings (SSSR count). The highest BCUT2D eigenvalue weighted by Crippen LogP contribution is 2.33. The third-order valence-corrected chi connectivity index (χ3v) is 9.29. The maximum absolute atomic E-state index is 12.9. The van der Waals surface area contributed by atoms with Crippen LogP contribution in [-0.2, 0) is 29.4 Å². The summed E-state index contributed by atoms with van der Waals surface area (Å²) in [6.45, 7) is 1.51. The van der Waals surface area contributed by atoms with Gasteiger partial charge in [0.1, 0.15) is 4.21 Å². The van der Waals surface area contributed by atoms with Crippen LogP contribution in [0, 0.1) is 0 Å². The molecule has 0 unspecified atom stereocenters. The summed E-state index contributed by atoms with van der Waals surface area (Å²) in [5, 5.41) is 5.18. The molecule has 1 fully saturated rings. The highest BCUT2D eigenvalue weighted by atomic mass is 32.2. The molecule has 1 N–H and O–H groups in total. The van der Waals surface area contributed by atoms with Crippen molar-refractivity contribution in [3.8, 4) is 0 Å². The van der Waals surface area contributed by atoms with Gasteiger partial charge in [-0.25, -0.2) is 8.42 Å². The zero-order chi connectivity index (χ0) is 20.0. The van der Waals surface area contributed by atoms with Crippen LogP contribution < -0.4 is 5.32 Å². The molecule has 0 radical (unpaired) electrons. The van der Waals surface area contributed by atoms with Gasteiger partial charge >= 0.3 is 0 Å². The number of nitrogens with one attached hydrogen (secondary N) is 1. The van der Waals surface area contributed by atoms with Crippen molar-refractivity contribution in [2.75, 3.05) is 13.1 Å². The number of thiophene rings is 1. The molecule has 0 bridgehead atoms. The monoisotopic (exact) mass is 426 g/mol. The fourth-order valence-electron chi connectivity index (χ4n) is 4.36. The Morgan fingerprint density at radius 3 is 2.55 bits per heavy atom. The van der Waals surface area contributed by atoms with E-state index in [1.807, 2.05) is 18.2 Å². The van der Waals surface area contributed by atoms with E-state index in [9.17, 15) is 13.2 Å². The van der Waals surface area contributed by atoms with Crippen molar-refractivity contribution >= 4 is 38.0 Å². The van der Waals surface area contributed by atoms with Gasteiger partial charge in [-0.15, -0.1) is 11.3 Å². The molecule has 0 saturated carbocycles. The quantitative estimate of drug-likeness (QED) is 0.676. The second-order valence-electron chi connectivity index (χ2n) is 7.63. The minimum absolute atomic E-state index is 0.127. The standard InChI is InChI=1S/C22H22N2O3S2/c25-22(19-10-8-16-7-6-15-4-3-5-18(19)21(15)16)23-14-17-9-11-20(28-17)29(26,27)24-12-1-2-13-24/h3-5,8-11H,1-2,6-7,12-14H2,(H,23,25). The van der Waals surface area contributed by atoms with Crippen molar-refractivity contribution in [1.82, 2.24) is 9.62 Å². The SMILES string of the molecule is O=C(NCc1ccc(S(=O)(=O)N2CCCC2)s1)c1ccc2c3c(cccc13)CC2. The zero-order valence-corrected chi connectivity index (χ0v) is 17.6. The van der Waals surface area contributed by atoms with Gasteiger partial charge in [0.05, 0.1) is 6.54 Å². The number of hydrogen-bond donors (Lipinski definition) is 1. The van der Waals surface area contributed by atoms with E-state index in [2.05, 4.69) is 17.4 Å². The molecule has 1 aromatic heterocycles. The van der Waals surface area contributed by atoms with Crippen LogP contribution in [0.25, 0.3) is 10.8 Å². The van der Waals surface area contributed by atoms with E-state index in [-0.39, 0.29) is 5.91 Å². The maximum atomic E-state index is 12.9. The number of amides is 1. The first-order chi connectivity index (χ1) is 14.0. The average molecular weight is 427 g/mol. The first kappa shape index (κ1) is 18.8. The Labute approximate surface area is 174 Å². The summed E-state index contributed by atoms with van der Waals surface area (Å²) in [4.78, 5) is 13.7. The molecule has 29 heavy (non-hydrogen) atoms. The van der Waals surface area contributed by atoms with E-state index >= 15 is 0 Å². The third kappa shape index (κ3) is 3.27. The number of nitrogens with zero attached hydrogens (tertiary/aromatic N) is 1. The summed E-state index contributed by atoms with van der Waals surface area (Å²) >= 11 is 1.24. The lowest BCUT2D eigenvalue weighted by molar-refractivity contribution is 0.0953. The molecular formula is C22H22N2O3S2. The van der Waals surface area contributed by atoms with Gasteiger partial charge in [-0.3, -0.25) is 4.79 Å². The molecule has 3 aromatic rings. The summed E-state index contributed by atoms with van der Waals surface area (Å²) in [7, 11) is -3.40. The molecule has 150 valence electrons. The first-order valence-corrected chi connectivity index (χ1v) is 12.2. The summed E-state index contributed by atoms with van der Waals surface area (Å²) in [5.74, 6) is -0.127. The van der Waals surface area contributed by atoms with Crippen LogP contribution >= 0.6 is 11.3 Å². The number of carbonyl (C=O) groups excluding carboxylic acids is 1. The predicted octanol–water partition coefficient (Wildman–Crippen LogP) is 3.71. The second-order valence-corrected chi connectivity index (χ2v) is 11.0. The molecule has 1 amide bonds. The molecule has 2 aliphatic rings. The van der Waals surface area contributed by atoms with Gasteiger partial charge in [-0.2, -0.15) is 4.31 Å². The summed E-state index contributed by atoms with van der Waals surface area (Å²) in [5.41, 5.74) is 3.29. The Balaban J connectivity index is 1.34. The summed E-state index contributed by atoms with van der Waals surface area (Å²) < 4.78 is 27.3. The molecule has 1 saturated heterocycles. The van der Waals surface area contributed by atoms with Crippen LogP contribution in [0.1, 0.15) is 39.2 Å². The van der Waals surface area contributed by atoms with Crippen LogP contribution in [-0.4, -0.2) is 31.7 Å². The summed E-state index contributed by atoms with van der Waals surface area (Å²) in [6.07, 6.45) is 3.90. The molecule has 0 atom stereocenters. The molecule has 0 spiro atoms.